The summed E-state index contributed by atoms with van der Waals surface area (Å²) in [6.45, 7) is 0. The van der Waals surface area contributed by atoms with Crippen LogP contribution in [0.15, 0.2) is 18.3 Å². The number of aromatic nitrogens is 2. The normalized spacial score (nSPS) is 15.5. The zero-order valence-corrected chi connectivity index (χ0v) is 10.6. The van der Waals surface area contributed by atoms with Gasteiger partial charge in [-0.25, -0.2) is 9.97 Å². The highest BCUT2D eigenvalue weighted by molar-refractivity contribution is 5.93. The summed E-state index contributed by atoms with van der Waals surface area (Å²) < 4.78 is 0. The zero-order valence-electron chi connectivity index (χ0n) is 10.6. The molecule has 0 radical (unpaired) electrons. The first-order chi connectivity index (χ1) is 9.26. The lowest BCUT2D eigenvalue weighted by Crippen LogP contribution is -2.16. The minimum Gasteiger partial charge on any atom is -0.384 e. The summed E-state index contributed by atoms with van der Waals surface area (Å²) in [4.78, 5) is 8.44. The lowest BCUT2D eigenvalue weighted by atomic mass is 10.1. The monoisotopic (exact) mass is 253 g/mol. The predicted octanol–water partition coefficient (Wildman–Crippen LogP) is 2.44. The van der Waals surface area contributed by atoms with E-state index in [1.807, 2.05) is 0 Å². The van der Waals surface area contributed by atoms with Gasteiger partial charge < -0.3 is 11.1 Å². The minimum atomic E-state index is 0.402. The van der Waals surface area contributed by atoms with E-state index in [1.165, 1.54) is 12.8 Å². The van der Waals surface area contributed by atoms with Crippen LogP contribution < -0.4 is 11.1 Å². The van der Waals surface area contributed by atoms with Crippen LogP contribution in [0.4, 0.5) is 11.6 Å². The van der Waals surface area contributed by atoms with Crippen LogP contribution in [-0.2, 0) is 0 Å². The molecule has 2 heterocycles. The molecule has 0 amide bonds. The van der Waals surface area contributed by atoms with Gasteiger partial charge in [0.15, 0.2) is 0 Å². The largest absolute Gasteiger partial charge is 0.384 e. The standard InChI is InChI=1S/C14H15N5/c15-7-11-5-9-8-17-13(16)6-12(9)14(19-11)18-10-3-1-2-4-10/h5-6,8,10H,1-4H2,(H2,16,17)(H,18,19). The summed E-state index contributed by atoms with van der Waals surface area (Å²) in [5.74, 6) is 1.21. The highest BCUT2D eigenvalue weighted by Crippen LogP contribution is 2.27. The van der Waals surface area contributed by atoms with Gasteiger partial charge in [-0.05, 0) is 25.0 Å². The number of hydrogen-bond donors (Lipinski definition) is 2. The van der Waals surface area contributed by atoms with E-state index < -0.39 is 0 Å². The third-order valence-electron chi connectivity index (χ3n) is 3.55. The Balaban J connectivity index is 2.08. The smallest absolute Gasteiger partial charge is 0.143 e. The summed E-state index contributed by atoms with van der Waals surface area (Å²) in [6.07, 6.45) is 6.49. The number of nitriles is 1. The first-order valence-electron chi connectivity index (χ1n) is 6.49. The number of nitrogens with one attached hydrogen (secondary N) is 1. The van der Waals surface area contributed by atoms with E-state index in [9.17, 15) is 0 Å². The van der Waals surface area contributed by atoms with Crippen LogP contribution in [0.1, 0.15) is 31.4 Å². The molecule has 0 bridgehead atoms. The fourth-order valence-corrected chi connectivity index (χ4v) is 2.59. The van der Waals surface area contributed by atoms with E-state index in [0.717, 1.165) is 29.4 Å². The Morgan fingerprint density at radius 3 is 2.84 bits per heavy atom. The molecular weight excluding hydrogens is 238 g/mol. The molecule has 3 rings (SSSR count). The average Bonchev–Trinajstić information content (AvgIpc) is 2.92. The van der Waals surface area contributed by atoms with E-state index in [2.05, 4.69) is 21.4 Å². The second kappa shape index (κ2) is 4.73. The van der Waals surface area contributed by atoms with Crippen molar-refractivity contribution in [3.63, 3.8) is 0 Å². The Kier molecular flexibility index (Phi) is 2.92. The minimum absolute atomic E-state index is 0.402. The molecule has 5 nitrogen and oxygen atoms in total. The van der Waals surface area contributed by atoms with Crippen molar-refractivity contribution in [3.8, 4) is 6.07 Å². The van der Waals surface area contributed by atoms with Crippen LogP contribution in [0.25, 0.3) is 10.8 Å². The molecule has 0 saturated heterocycles. The molecule has 2 aromatic heterocycles. The average molecular weight is 253 g/mol. The van der Waals surface area contributed by atoms with Crippen molar-refractivity contribution in [2.24, 2.45) is 0 Å². The van der Waals surface area contributed by atoms with Crippen molar-refractivity contribution in [2.45, 2.75) is 31.7 Å². The van der Waals surface area contributed by atoms with E-state index in [4.69, 9.17) is 11.0 Å². The zero-order chi connectivity index (χ0) is 13.2. The summed E-state index contributed by atoms with van der Waals surface area (Å²) in [5.41, 5.74) is 6.14. The molecule has 0 unspecified atom stereocenters. The van der Waals surface area contributed by atoms with Crippen LogP contribution in [-0.4, -0.2) is 16.0 Å². The Bertz CT molecular complexity index is 653. The van der Waals surface area contributed by atoms with Gasteiger partial charge in [0.25, 0.3) is 0 Å². The number of hydrogen-bond acceptors (Lipinski definition) is 5. The molecule has 0 atom stereocenters. The van der Waals surface area contributed by atoms with E-state index in [-0.39, 0.29) is 0 Å². The van der Waals surface area contributed by atoms with Gasteiger partial charge in [-0.15, -0.1) is 0 Å². The van der Waals surface area contributed by atoms with Gasteiger partial charge in [-0.2, -0.15) is 5.26 Å². The lowest BCUT2D eigenvalue weighted by molar-refractivity contribution is 0.752. The number of nitrogen functional groups attached to an aromatic ring is 1. The van der Waals surface area contributed by atoms with Gasteiger partial charge in [0.05, 0.1) is 0 Å². The van der Waals surface area contributed by atoms with Crippen molar-refractivity contribution in [1.29, 1.82) is 5.26 Å². The van der Waals surface area contributed by atoms with Gasteiger partial charge in [-0.3, -0.25) is 0 Å². The van der Waals surface area contributed by atoms with E-state index >= 15 is 0 Å². The number of anilines is 2. The highest BCUT2D eigenvalue weighted by atomic mass is 15.0. The molecule has 2 aromatic rings. The molecule has 0 aliphatic heterocycles. The molecule has 1 fully saturated rings. The Morgan fingerprint density at radius 1 is 1.32 bits per heavy atom. The van der Waals surface area contributed by atoms with Crippen molar-refractivity contribution in [1.82, 2.24) is 9.97 Å². The highest BCUT2D eigenvalue weighted by Gasteiger charge is 2.17. The van der Waals surface area contributed by atoms with E-state index in [1.54, 1.807) is 18.3 Å². The van der Waals surface area contributed by atoms with Gasteiger partial charge >= 0.3 is 0 Å². The topological polar surface area (TPSA) is 87.6 Å². The first kappa shape index (κ1) is 11.7. The van der Waals surface area contributed by atoms with Crippen LogP contribution in [0.2, 0.25) is 0 Å². The maximum atomic E-state index is 9.05. The third kappa shape index (κ3) is 2.29. The maximum Gasteiger partial charge on any atom is 0.143 e. The Hall–Kier alpha value is -2.35. The van der Waals surface area contributed by atoms with Crippen molar-refractivity contribution >= 4 is 22.4 Å². The van der Waals surface area contributed by atoms with Gasteiger partial charge in [0.2, 0.25) is 0 Å². The number of fused-ring (bicyclic) bond motifs is 1. The van der Waals surface area contributed by atoms with Crippen LogP contribution in [0, 0.1) is 11.3 Å². The predicted molar refractivity (Wildman–Crippen MR) is 74.5 cm³/mol. The molecule has 0 spiro atoms. The molecule has 3 N–H and O–H groups in total. The fraction of sp³-hybridized carbons (Fsp3) is 0.357. The second-order valence-corrected chi connectivity index (χ2v) is 4.92. The Labute approximate surface area is 111 Å². The third-order valence-corrected chi connectivity index (χ3v) is 3.55. The summed E-state index contributed by atoms with van der Waals surface area (Å²) in [7, 11) is 0. The van der Waals surface area contributed by atoms with Gasteiger partial charge in [0.1, 0.15) is 23.4 Å². The molecule has 1 saturated carbocycles. The number of pyridine rings is 2. The number of nitrogens with two attached hydrogens (primary N) is 1. The van der Waals surface area contributed by atoms with Gasteiger partial charge in [-0.1, -0.05) is 12.8 Å². The van der Waals surface area contributed by atoms with E-state index in [0.29, 0.717) is 17.6 Å². The SMILES string of the molecule is N#Cc1cc2cnc(N)cc2c(NC2CCCC2)n1. The first-order valence-corrected chi connectivity index (χ1v) is 6.49. The molecule has 96 valence electrons. The quantitative estimate of drug-likeness (QED) is 0.858. The van der Waals surface area contributed by atoms with Crippen LogP contribution in [0.3, 0.4) is 0 Å². The molecule has 19 heavy (non-hydrogen) atoms. The van der Waals surface area contributed by atoms with Crippen LogP contribution in [0.5, 0.6) is 0 Å². The van der Waals surface area contributed by atoms with Crippen LogP contribution >= 0.6 is 0 Å². The molecule has 5 heteroatoms. The molecule has 0 aromatic carbocycles. The fourth-order valence-electron chi connectivity index (χ4n) is 2.59. The second-order valence-electron chi connectivity index (χ2n) is 4.92. The number of nitrogens with zero attached hydrogens (tertiary/aromatic N) is 3. The van der Waals surface area contributed by atoms with Crippen molar-refractivity contribution in [3.05, 3.63) is 24.0 Å². The lowest BCUT2D eigenvalue weighted by Gasteiger charge is -2.15. The molecule has 1 aliphatic rings. The maximum absolute atomic E-state index is 9.05. The summed E-state index contributed by atoms with van der Waals surface area (Å²) in [5, 5.41) is 14.3. The summed E-state index contributed by atoms with van der Waals surface area (Å²) in [6, 6.07) is 6.08. The number of rotatable bonds is 2. The van der Waals surface area contributed by atoms with Crippen molar-refractivity contribution in [2.75, 3.05) is 11.1 Å². The molecule has 1 aliphatic carbocycles. The Morgan fingerprint density at radius 2 is 2.11 bits per heavy atom. The summed E-state index contributed by atoms with van der Waals surface area (Å²) >= 11 is 0. The van der Waals surface area contributed by atoms with Gasteiger partial charge in [0, 0.05) is 23.0 Å². The molecular formula is C14H15N5. The van der Waals surface area contributed by atoms with Crippen molar-refractivity contribution < 1.29 is 0 Å².